The lowest BCUT2D eigenvalue weighted by atomic mass is 9.90. The Morgan fingerprint density at radius 3 is 1.94 bits per heavy atom. The maximum Gasteiger partial charge on any atom is 0.311 e. The van der Waals surface area contributed by atoms with E-state index in [1.165, 1.54) is 17.5 Å². The molecule has 2 aromatic carbocycles. The highest BCUT2D eigenvalue weighted by Gasteiger charge is 2.50. The van der Waals surface area contributed by atoms with Gasteiger partial charge in [-0.1, -0.05) is 94.4 Å². The normalized spacial score (nSPS) is 15.0. The van der Waals surface area contributed by atoms with Crippen LogP contribution < -0.4 is 10.4 Å². The average Bonchev–Trinajstić information content (AvgIpc) is 2.77. The van der Waals surface area contributed by atoms with E-state index >= 15 is 0 Å². The largest absolute Gasteiger partial charge is 0.469 e. The fourth-order valence-electron chi connectivity index (χ4n) is 4.22. The number of ether oxygens (including phenoxy) is 1. The van der Waals surface area contributed by atoms with Crippen LogP contribution in [0.3, 0.4) is 0 Å². The molecule has 0 amide bonds. The van der Waals surface area contributed by atoms with Crippen molar-refractivity contribution >= 4 is 24.7 Å². The van der Waals surface area contributed by atoms with Gasteiger partial charge in [0, 0.05) is 12.5 Å². The van der Waals surface area contributed by atoms with Gasteiger partial charge in [0.1, 0.15) is 0 Å². The van der Waals surface area contributed by atoms with Crippen LogP contribution in [0.2, 0.25) is 5.04 Å². The summed E-state index contributed by atoms with van der Waals surface area (Å²) in [5, 5.41) is 13.2. The molecular formula is C26H36O4Si. The van der Waals surface area contributed by atoms with E-state index in [1.54, 1.807) is 6.08 Å². The molecule has 0 aliphatic rings. The summed E-state index contributed by atoms with van der Waals surface area (Å²) >= 11 is 0. The van der Waals surface area contributed by atoms with Crippen molar-refractivity contribution in [2.75, 3.05) is 13.7 Å². The number of rotatable bonds is 10. The minimum absolute atomic E-state index is 0.150. The first-order chi connectivity index (χ1) is 14.7. The van der Waals surface area contributed by atoms with Crippen molar-refractivity contribution in [2.45, 2.75) is 45.3 Å². The van der Waals surface area contributed by atoms with E-state index in [2.05, 4.69) is 51.6 Å². The Balaban J connectivity index is 2.43. The van der Waals surface area contributed by atoms with Crippen LogP contribution >= 0.6 is 0 Å². The number of aliphatic hydroxyl groups is 1. The lowest BCUT2D eigenvalue weighted by Gasteiger charge is -2.44. The summed E-state index contributed by atoms with van der Waals surface area (Å²) in [5.41, 5.74) is 0. The van der Waals surface area contributed by atoms with E-state index in [1.807, 2.05) is 43.3 Å². The Morgan fingerprint density at radius 2 is 1.55 bits per heavy atom. The number of allylic oxidation sites excluding steroid dienone is 1. The van der Waals surface area contributed by atoms with Crippen LogP contribution in [0.4, 0.5) is 0 Å². The Kier molecular flexibility index (Phi) is 8.80. The molecule has 2 rings (SSSR count). The SMILES string of the molecule is C=CC[C@@H](C(=O)OC)[C@@H](O)[C@@H](C)CO[Si](c1ccccc1)(c1ccccc1)C(C)(C)C. The summed E-state index contributed by atoms with van der Waals surface area (Å²) in [6.07, 6.45) is 1.11. The highest BCUT2D eigenvalue weighted by molar-refractivity contribution is 6.99. The zero-order valence-electron chi connectivity index (χ0n) is 19.4. The van der Waals surface area contributed by atoms with Gasteiger partial charge in [0.05, 0.1) is 19.1 Å². The summed E-state index contributed by atoms with van der Waals surface area (Å²) in [7, 11) is -1.35. The van der Waals surface area contributed by atoms with Crippen LogP contribution in [-0.2, 0) is 14.0 Å². The molecule has 0 bridgehead atoms. The molecule has 0 saturated heterocycles. The number of aliphatic hydroxyl groups excluding tert-OH is 1. The molecule has 0 spiro atoms. The van der Waals surface area contributed by atoms with Crippen molar-refractivity contribution in [2.24, 2.45) is 11.8 Å². The zero-order chi connectivity index (χ0) is 23.1. The third kappa shape index (κ3) is 5.53. The predicted molar refractivity (Wildman–Crippen MR) is 129 cm³/mol. The van der Waals surface area contributed by atoms with Crippen LogP contribution in [0.5, 0.6) is 0 Å². The van der Waals surface area contributed by atoms with Gasteiger partial charge in [-0.05, 0) is 21.8 Å². The van der Waals surface area contributed by atoms with E-state index in [-0.39, 0.29) is 11.0 Å². The van der Waals surface area contributed by atoms with Gasteiger partial charge < -0.3 is 14.3 Å². The van der Waals surface area contributed by atoms with Gasteiger partial charge in [-0.15, -0.1) is 6.58 Å². The molecule has 0 fully saturated rings. The molecule has 4 nitrogen and oxygen atoms in total. The molecule has 0 aliphatic heterocycles. The van der Waals surface area contributed by atoms with Crippen molar-refractivity contribution in [1.29, 1.82) is 0 Å². The van der Waals surface area contributed by atoms with E-state index < -0.39 is 26.3 Å². The van der Waals surface area contributed by atoms with E-state index in [9.17, 15) is 9.90 Å². The second-order valence-corrected chi connectivity index (χ2v) is 13.4. The van der Waals surface area contributed by atoms with Crippen LogP contribution in [0.1, 0.15) is 34.1 Å². The van der Waals surface area contributed by atoms with Gasteiger partial charge in [-0.2, -0.15) is 0 Å². The highest BCUT2D eigenvalue weighted by Crippen LogP contribution is 2.37. The molecule has 31 heavy (non-hydrogen) atoms. The summed E-state index contributed by atoms with van der Waals surface area (Å²) in [6.45, 7) is 12.6. The quantitative estimate of drug-likeness (QED) is 0.346. The molecule has 0 aromatic heterocycles. The van der Waals surface area contributed by atoms with Crippen molar-refractivity contribution in [3.05, 3.63) is 73.3 Å². The molecule has 5 heteroatoms. The van der Waals surface area contributed by atoms with Crippen LogP contribution in [0.25, 0.3) is 0 Å². The van der Waals surface area contributed by atoms with Crippen molar-refractivity contribution in [1.82, 2.24) is 0 Å². The molecule has 3 atom stereocenters. The van der Waals surface area contributed by atoms with Crippen molar-refractivity contribution in [3.63, 3.8) is 0 Å². The first kappa shape index (κ1) is 25.1. The maximum absolute atomic E-state index is 12.2. The molecule has 0 saturated carbocycles. The number of hydrogen-bond acceptors (Lipinski definition) is 4. The molecule has 2 aromatic rings. The third-order valence-corrected chi connectivity index (χ3v) is 10.9. The smallest absolute Gasteiger partial charge is 0.311 e. The molecule has 0 unspecified atom stereocenters. The Morgan fingerprint density at radius 1 is 1.06 bits per heavy atom. The fourth-order valence-corrected chi connectivity index (χ4v) is 8.89. The van der Waals surface area contributed by atoms with Gasteiger partial charge in [-0.25, -0.2) is 0 Å². The number of methoxy groups -OCH3 is 1. The Hall–Kier alpha value is -2.21. The summed E-state index contributed by atoms with van der Waals surface area (Å²) in [4.78, 5) is 12.2. The van der Waals surface area contributed by atoms with Gasteiger partial charge in [-0.3, -0.25) is 4.79 Å². The molecule has 0 heterocycles. The average molecular weight is 441 g/mol. The van der Waals surface area contributed by atoms with Gasteiger partial charge >= 0.3 is 5.97 Å². The van der Waals surface area contributed by atoms with Gasteiger partial charge in [0.25, 0.3) is 8.32 Å². The lowest BCUT2D eigenvalue weighted by Crippen LogP contribution is -2.67. The maximum atomic E-state index is 12.2. The molecular weight excluding hydrogens is 404 g/mol. The van der Waals surface area contributed by atoms with Gasteiger partial charge in [0.2, 0.25) is 0 Å². The fraction of sp³-hybridized carbons (Fsp3) is 0.423. The van der Waals surface area contributed by atoms with E-state index in [4.69, 9.17) is 9.16 Å². The van der Waals surface area contributed by atoms with Crippen LogP contribution in [0.15, 0.2) is 73.3 Å². The molecule has 168 valence electrons. The minimum atomic E-state index is -2.69. The number of esters is 1. The zero-order valence-corrected chi connectivity index (χ0v) is 20.4. The summed E-state index contributed by atoms with van der Waals surface area (Å²) in [5.74, 6) is -1.34. The van der Waals surface area contributed by atoms with Gasteiger partial charge in [0.15, 0.2) is 0 Å². The highest BCUT2D eigenvalue weighted by atomic mass is 28.4. The minimum Gasteiger partial charge on any atom is -0.469 e. The van der Waals surface area contributed by atoms with Crippen LogP contribution in [-0.4, -0.2) is 39.2 Å². The standard InChI is InChI=1S/C26H36O4Si/c1-7-14-23(25(28)29-6)24(27)20(2)19-30-31(26(3,4)5,21-15-10-8-11-16-21)22-17-12-9-13-18-22/h7-13,15-18,20,23-24,27H,1,14,19H2,2-6H3/t20-,23+,24-/m0/s1. The monoisotopic (exact) mass is 440 g/mol. The molecule has 0 radical (unpaired) electrons. The second-order valence-electron chi connectivity index (χ2n) is 9.10. The Labute approximate surface area is 188 Å². The molecule has 1 N–H and O–H groups in total. The number of hydrogen-bond donors (Lipinski definition) is 1. The first-order valence-electron chi connectivity index (χ1n) is 10.8. The predicted octanol–water partition coefficient (Wildman–Crippen LogP) is 3.93. The lowest BCUT2D eigenvalue weighted by molar-refractivity contribution is -0.151. The third-order valence-electron chi connectivity index (χ3n) is 5.90. The second kappa shape index (κ2) is 10.9. The van der Waals surface area contributed by atoms with Crippen LogP contribution in [0, 0.1) is 11.8 Å². The van der Waals surface area contributed by atoms with E-state index in [0.717, 1.165) is 0 Å². The Bertz CT molecular complexity index is 790. The van der Waals surface area contributed by atoms with E-state index in [0.29, 0.717) is 13.0 Å². The van der Waals surface area contributed by atoms with Crippen molar-refractivity contribution in [3.8, 4) is 0 Å². The topological polar surface area (TPSA) is 55.8 Å². The summed E-state index contributed by atoms with van der Waals surface area (Å²) < 4.78 is 11.8. The number of carbonyl (C=O) groups excluding carboxylic acids is 1. The summed E-state index contributed by atoms with van der Waals surface area (Å²) in [6, 6.07) is 20.8. The number of carbonyl (C=O) groups is 1. The first-order valence-corrected chi connectivity index (χ1v) is 12.7. The van der Waals surface area contributed by atoms with Crippen molar-refractivity contribution < 1.29 is 19.1 Å². The number of benzene rings is 2. The molecule has 0 aliphatic carbocycles.